The molecule has 1 aliphatic carbocycles. The average Bonchev–Trinajstić information content (AvgIpc) is 2.99. The van der Waals surface area contributed by atoms with Gasteiger partial charge in [0.2, 0.25) is 0 Å². The minimum Gasteiger partial charge on any atom is -0.330 e. The number of nitrogens with zero attached hydrogens (tertiary/aromatic N) is 3. The lowest BCUT2D eigenvalue weighted by Crippen LogP contribution is -2.08. The van der Waals surface area contributed by atoms with E-state index in [1.807, 2.05) is 0 Å². The van der Waals surface area contributed by atoms with E-state index in [4.69, 9.17) is 5.73 Å². The fourth-order valence-corrected chi connectivity index (χ4v) is 1.98. The second-order valence-electron chi connectivity index (χ2n) is 4.33. The molecule has 1 aromatic rings. The van der Waals surface area contributed by atoms with Gasteiger partial charge in [-0.3, -0.25) is 0 Å². The van der Waals surface area contributed by atoms with Crippen molar-refractivity contribution < 1.29 is 0 Å². The Hall–Kier alpha value is -0.900. The van der Waals surface area contributed by atoms with Gasteiger partial charge >= 0.3 is 0 Å². The van der Waals surface area contributed by atoms with Crippen LogP contribution in [0.1, 0.15) is 37.6 Å². The Bertz CT molecular complexity index is 314. The van der Waals surface area contributed by atoms with Crippen molar-refractivity contribution in [2.45, 2.75) is 45.6 Å². The Morgan fingerprint density at radius 2 is 2.27 bits per heavy atom. The monoisotopic (exact) mass is 208 g/mol. The molecule has 0 atom stereocenters. The molecule has 0 saturated heterocycles. The molecule has 0 radical (unpaired) electrons. The summed E-state index contributed by atoms with van der Waals surface area (Å²) in [5, 5.41) is 8.42. The lowest BCUT2D eigenvalue weighted by molar-refractivity contribution is 0.515. The molecule has 1 saturated carbocycles. The zero-order valence-electron chi connectivity index (χ0n) is 9.45. The lowest BCUT2D eigenvalue weighted by atomic mass is 10.2. The van der Waals surface area contributed by atoms with Crippen LogP contribution in [0.4, 0.5) is 0 Å². The highest BCUT2D eigenvalue weighted by Gasteiger charge is 2.21. The number of rotatable bonds is 6. The minimum absolute atomic E-state index is 0.661. The van der Waals surface area contributed by atoms with Gasteiger partial charge in [-0.2, -0.15) is 0 Å². The zero-order valence-corrected chi connectivity index (χ0v) is 9.45. The Morgan fingerprint density at radius 3 is 2.87 bits per heavy atom. The molecule has 4 heteroatoms. The highest BCUT2D eigenvalue weighted by molar-refractivity contribution is 5.10. The molecule has 84 valence electrons. The summed E-state index contributed by atoms with van der Waals surface area (Å²) < 4.78 is 2.07. The molecule has 0 bridgehead atoms. The Kier molecular flexibility index (Phi) is 3.36. The third-order valence-corrected chi connectivity index (χ3v) is 3.08. The summed E-state index contributed by atoms with van der Waals surface area (Å²) >= 11 is 0. The molecule has 15 heavy (non-hydrogen) atoms. The molecule has 1 heterocycles. The van der Waals surface area contributed by atoms with E-state index in [1.54, 1.807) is 0 Å². The van der Waals surface area contributed by atoms with E-state index < -0.39 is 0 Å². The van der Waals surface area contributed by atoms with Gasteiger partial charge in [-0.1, -0.05) is 25.0 Å². The van der Waals surface area contributed by atoms with E-state index in [1.165, 1.54) is 25.0 Å². The van der Waals surface area contributed by atoms with E-state index in [-0.39, 0.29) is 0 Å². The van der Waals surface area contributed by atoms with E-state index >= 15 is 0 Å². The number of hydrogen-bond acceptors (Lipinski definition) is 3. The van der Waals surface area contributed by atoms with Gasteiger partial charge in [0.05, 0.1) is 11.4 Å². The van der Waals surface area contributed by atoms with E-state index in [0.717, 1.165) is 31.0 Å². The van der Waals surface area contributed by atoms with E-state index in [2.05, 4.69) is 21.9 Å². The van der Waals surface area contributed by atoms with Gasteiger partial charge in [-0.05, 0) is 25.3 Å². The molecule has 0 spiro atoms. The molecule has 0 unspecified atom stereocenters. The molecule has 0 aromatic carbocycles. The normalized spacial score (nSPS) is 15.9. The first-order valence-electron chi connectivity index (χ1n) is 5.96. The highest BCUT2D eigenvalue weighted by atomic mass is 15.4. The molecule has 0 aliphatic heterocycles. The van der Waals surface area contributed by atoms with Crippen LogP contribution < -0.4 is 5.73 Å². The second-order valence-corrected chi connectivity index (χ2v) is 4.33. The van der Waals surface area contributed by atoms with Crippen LogP contribution >= 0.6 is 0 Å². The minimum atomic E-state index is 0.661. The van der Waals surface area contributed by atoms with Crippen molar-refractivity contribution in [2.24, 2.45) is 11.7 Å². The fourth-order valence-electron chi connectivity index (χ4n) is 1.98. The lowest BCUT2D eigenvalue weighted by Gasteiger charge is -2.04. The Morgan fingerprint density at radius 1 is 1.47 bits per heavy atom. The van der Waals surface area contributed by atoms with Crippen LogP contribution in [0.15, 0.2) is 0 Å². The van der Waals surface area contributed by atoms with Crippen LogP contribution in [-0.2, 0) is 19.4 Å². The Balaban J connectivity index is 2.00. The van der Waals surface area contributed by atoms with E-state index in [0.29, 0.717) is 6.54 Å². The first-order valence-corrected chi connectivity index (χ1v) is 5.96. The molecular formula is C11H20N4. The highest BCUT2D eigenvalue weighted by Crippen LogP contribution is 2.32. The second kappa shape index (κ2) is 4.75. The van der Waals surface area contributed by atoms with Crippen LogP contribution in [-0.4, -0.2) is 21.5 Å². The predicted molar refractivity (Wildman–Crippen MR) is 59.5 cm³/mol. The van der Waals surface area contributed by atoms with Gasteiger partial charge in [0, 0.05) is 13.0 Å². The SMILES string of the molecule is CCc1c(CCN)nnn1CCC1CC1. The molecule has 1 fully saturated rings. The van der Waals surface area contributed by atoms with Gasteiger partial charge in [0.1, 0.15) is 0 Å². The summed E-state index contributed by atoms with van der Waals surface area (Å²) in [4.78, 5) is 0. The summed E-state index contributed by atoms with van der Waals surface area (Å²) in [5.41, 5.74) is 7.92. The van der Waals surface area contributed by atoms with Gasteiger partial charge in [-0.25, -0.2) is 4.68 Å². The van der Waals surface area contributed by atoms with Crippen LogP contribution in [0.25, 0.3) is 0 Å². The van der Waals surface area contributed by atoms with Gasteiger partial charge < -0.3 is 5.73 Å². The first-order chi connectivity index (χ1) is 7.35. The van der Waals surface area contributed by atoms with Crippen LogP contribution in [0.3, 0.4) is 0 Å². The van der Waals surface area contributed by atoms with Crippen molar-refractivity contribution in [1.29, 1.82) is 0 Å². The molecule has 1 aliphatic rings. The molecule has 1 aromatic heterocycles. The fraction of sp³-hybridized carbons (Fsp3) is 0.818. The number of hydrogen-bond donors (Lipinski definition) is 1. The topological polar surface area (TPSA) is 56.7 Å². The summed E-state index contributed by atoms with van der Waals surface area (Å²) in [6.45, 7) is 3.85. The maximum absolute atomic E-state index is 5.55. The van der Waals surface area contributed by atoms with Crippen molar-refractivity contribution in [3.63, 3.8) is 0 Å². The standard InChI is InChI=1S/C11H20N4/c1-2-11-10(5-7-12)13-14-15(11)8-6-9-3-4-9/h9H,2-8,12H2,1H3. The maximum atomic E-state index is 5.55. The van der Waals surface area contributed by atoms with Crippen molar-refractivity contribution in [2.75, 3.05) is 6.54 Å². The quantitative estimate of drug-likeness (QED) is 0.762. The summed E-state index contributed by atoms with van der Waals surface area (Å²) in [6.07, 6.45) is 5.94. The van der Waals surface area contributed by atoms with Crippen molar-refractivity contribution in [3.05, 3.63) is 11.4 Å². The van der Waals surface area contributed by atoms with Gasteiger partial charge in [0.25, 0.3) is 0 Å². The van der Waals surface area contributed by atoms with Crippen LogP contribution in [0.5, 0.6) is 0 Å². The molecular weight excluding hydrogens is 188 g/mol. The van der Waals surface area contributed by atoms with Gasteiger partial charge in [-0.15, -0.1) is 5.10 Å². The largest absolute Gasteiger partial charge is 0.330 e. The number of aryl methyl sites for hydroxylation is 1. The molecule has 2 N–H and O–H groups in total. The van der Waals surface area contributed by atoms with Crippen LogP contribution in [0.2, 0.25) is 0 Å². The third kappa shape index (κ3) is 2.56. The maximum Gasteiger partial charge on any atom is 0.0871 e. The number of aromatic nitrogens is 3. The molecule has 4 nitrogen and oxygen atoms in total. The van der Waals surface area contributed by atoms with Crippen molar-refractivity contribution in [3.8, 4) is 0 Å². The summed E-state index contributed by atoms with van der Waals surface area (Å²) in [7, 11) is 0. The average molecular weight is 208 g/mol. The smallest absolute Gasteiger partial charge is 0.0871 e. The molecule has 2 rings (SSSR count). The zero-order chi connectivity index (χ0) is 10.7. The first kappa shape index (κ1) is 10.6. The van der Waals surface area contributed by atoms with Crippen molar-refractivity contribution >= 4 is 0 Å². The van der Waals surface area contributed by atoms with Gasteiger partial charge in [0.15, 0.2) is 0 Å². The van der Waals surface area contributed by atoms with Crippen molar-refractivity contribution in [1.82, 2.24) is 15.0 Å². The summed E-state index contributed by atoms with van der Waals surface area (Å²) in [5.74, 6) is 0.955. The van der Waals surface area contributed by atoms with E-state index in [9.17, 15) is 0 Å². The Labute approximate surface area is 90.8 Å². The molecule has 0 amide bonds. The van der Waals surface area contributed by atoms with Crippen LogP contribution in [0, 0.1) is 5.92 Å². The summed E-state index contributed by atoms with van der Waals surface area (Å²) in [6, 6.07) is 0. The predicted octanol–water partition coefficient (Wildman–Crippen LogP) is 1.14. The third-order valence-electron chi connectivity index (χ3n) is 3.08. The number of nitrogens with two attached hydrogens (primary N) is 1.